The van der Waals surface area contributed by atoms with Crippen LogP contribution in [-0.2, 0) is 19.9 Å². The Balaban J connectivity index is 3.60. The molecule has 2 N–H and O–H groups in total. The third-order valence-electron chi connectivity index (χ3n) is 2.50. The van der Waals surface area contributed by atoms with E-state index in [9.17, 15) is 16.8 Å². The fraction of sp³-hybridized carbons (Fsp3) is 0.400. The molecule has 0 aliphatic carbocycles. The molecule has 0 unspecified atom stereocenters. The first kappa shape index (κ1) is 14.9. The summed E-state index contributed by atoms with van der Waals surface area (Å²) in [5.74, 6) is -0.136. The Morgan fingerprint density at radius 2 is 1.61 bits per heavy atom. The van der Waals surface area contributed by atoms with Gasteiger partial charge in [-0.1, -0.05) is 13.0 Å². The number of sulfonamides is 1. The third-order valence-corrected chi connectivity index (χ3v) is 6.16. The van der Waals surface area contributed by atoms with E-state index in [1.165, 1.54) is 39.2 Å². The molecule has 0 bridgehead atoms. The Morgan fingerprint density at radius 1 is 1.11 bits per heavy atom. The van der Waals surface area contributed by atoms with Crippen molar-refractivity contribution in [2.45, 2.75) is 16.7 Å². The van der Waals surface area contributed by atoms with Gasteiger partial charge in [0, 0.05) is 14.1 Å². The number of hydrogen-bond acceptors (Lipinski definition) is 5. The minimum atomic E-state index is -3.75. The summed E-state index contributed by atoms with van der Waals surface area (Å²) < 4.78 is 48.5. The highest BCUT2D eigenvalue weighted by atomic mass is 32.2. The predicted molar refractivity (Wildman–Crippen MR) is 69.5 cm³/mol. The van der Waals surface area contributed by atoms with Crippen molar-refractivity contribution in [1.82, 2.24) is 4.31 Å². The summed E-state index contributed by atoms with van der Waals surface area (Å²) in [5.41, 5.74) is 5.46. The number of nitrogens with two attached hydrogens (primary N) is 1. The quantitative estimate of drug-likeness (QED) is 0.806. The van der Waals surface area contributed by atoms with Crippen molar-refractivity contribution in [1.29, 1.82) is 0 Å². The van der Waals surface area contributed by atoms with Crippen LogP contribution >= 0.6 is 0 Å². The zero-order valence-corrected chi connectivity index (χ0v) is 12.0. The van der Waals surface area contributed by atoms with Crippen molar-refractivity contribution in [3.05, 3.63) is 18.2 Å². The van der Waals surface area contributed by atoms with Gasteiger partial charge in [0.25, 0.3) is 0 Å². The molecule has 0 saturated heterocycles. The summed E-state index contributed by atoms with van der Waals surface area (Å²) in [7, 11) is -4.59. The average molecular weight is 292 g/mol. The molecule has 0 aromatic heterocycles. The van der Waals surface area contributed by atoms with E-state index in [2.05, 4.69) is 0 Å². The molecule has 1 aromatic rings. The van der Waals surface area contributed by atoms with Gasteiger partial charge in [-0.25, -0.2) is 21.1 Å². The predicted octanol–water partition coefficient (Wildman–Crippen LogP) is 0.313. The molecule has 102 valence electrons. The normalized spacial score (nSPS) is 12.9. The zero-order chi connectivity index (χ0) is 14.1. The second-order valence-electron chi connectivity index (χ2n) is 3.86. The molecule has 0 aliphatic rings. The standard InChI is InChI=1S/C10H16N2O4S2/c1-4-17(13,14)8-6-5-7-9(10(8)11)18(15,16)12(2)3/h5-7H,4,11H2,1-3H3. The largest absolute Gasteiger partial charge is 0.397 e. The van der Waals surface area contributed by atoms with Crippen molar-refractivity contribution in [3.8, 4) is 0 Å². The molecule has 0 heterocycles. The molecular formula is C10H16N2O4S2. The highest BCUT2D eigenvalue weighted by molar-refractivity contribution is 7.91. The summed E-state index contributed by atoms with van der Waals surface area (Å²) >= 11 is 0. The SMILES string of the molecule is CCS(=O)(=O)c1cccc(S(=O)(=O)N(C)C)c1N. The maximum absolute atomic E-state index is 12.0. The molecule has 1 aromatic carbocycles. The number of anilines is 1. The van der Waals surface area contributed by atoms with Gasteiger partial charge in [-0.2, -0.15) is 0 Å². The molecule has 0 spiro atoms. The molecule has 0 fully saturated rings. The highest BCUT2D eigenvalue weighted by Crippen LogP contribution is 2.28. The van der Waals surface area contributed by atoms with Crippen LogP contribution in [0.5, 0.6) is 0 Å². The minimum absolute atomic E-state index is 0.136. The second-order valence-corrected chi connectivity index (χ2v) is 8.23. The lowest BCUT2D eigenvalue weighted by atomic mass is 10.3. The van der Waals surface area contributed by atoms with E-state index in [4.69, 9.17) is 5.73 Å². The fourth-order valence-electron chi connectivity index (χ4n) is 1.37. The number of nitrogen functional groups attached to an aromatic ring is 1. The third kappa shape index (κ3) is 2.50. The first-order valence-electron chi connectivity index (χ1n) is 5.18. The molecule has 0 aliphatic heterocycles. The Hall–Kier alpha value is -1.12. The smallest absolute Gasteiger partial charge is 0.244 e. The van der Waals surface area contributed by atoms with E-state index >= 15 is 0 Å². The fourth-order valence-corrected chi connectivity index (χ4v) is 3.51. The van der Waals surface area contributed by atoms with E-state index in [1.807, 2.05) is 0 Å². The van der Waals surface area contributed by atoms with Crippen LogP contribution in [0.1, 0.15) is 6.92 Å². The van der Waals surface area contributed by atoms with Gasteiger partial charge in [0.1, 0.15) is 4.90 Å². The summed E-state index contributed by atoms with van der Waals surface area (Å²) in [6, 6.07) is 3.97. The van der Waals surface area contributed by atoms with Crippen molar-refractivity contribution < 1.29 is 16.8 Å². The first-order chi connectivity index (χ1) is 8.14. The van der Waals surface area contributed by atoms with Gasteiger partial charge in [-0.15, -0.1) is 0 Å². The van der Waals surface area contributed by atoms with Gasteiger partial charge in [-0.05, 0) is 12.1 Å². The van der Waals surface area contributed by atoms with Gasteiger partial charge >= 0.3 is 0 Å². The maximum Gasteiger partial charge on any atom is 0.244 e. The van der Waals surface area contributed by atoms with E-state index in [1.54, 1.807) is 0 Å². The lowest BCUT2D eigenvalue weighted by Crippen LogP contribution is -2.24. The summed E-state index contributed by atoms with van der Waals surface area (Å²) in [4.78, 5) is -0.338. The van der Waals surface area contributed by atoms with E-state index in [0.717, 1.165) is 4.31 Å². The van der Waals surface area contributed by atoms with Crippen LogP contribution in [0.25, 0.3) is 0 Å². The lowest BCUT2D eigenvalue weighted by Gasteiger charge is -2.15. The molecule has 0 saturated carbocycles. The molecule has 0 amide bonds. The van der Waals surface area contributed by atoms with Gasteiger partial charge in [0.15, 0.2) is 9.84 Å². The topological polar surface area (TPSA) is 97.5 Å². The number of benzene rings is 1. The molecule has 0 radical (unpaired) electrons. The van der Waals surface area contributed by atoms with E-state index in [-0.39, 0.29) is 21.2 Å². The number of rotatable bonds is 4. The van der Waals surface area contributed by atoms with Crippen LogP contribution in [-0.4, -0.2) is 41.0 Å². The number of nitrogens with zero attached hydrogens (tertiary/aromatic N) is 1. The Kier molecular flexibility index (Phi) is 4.04. The van der Waals surface area contributed by atoms with Crippen molar-refractivity contribution in [2.24, 2.45) is 0 Å². The van der Waals surface area contributed by atoms with Crippen LogP contribution in [0.2, 0.25) is 0 Å². The van der Waals surface area contributed by atoms with Gasteiger partial charge in [0.05, 0.1) is 16.3 Å². The Labute approximate surface area is 107 Å². The lowest BCUT2D eigenvalue weighted by molar-refractivity contribution is 0.521. The van der Waals surface area contributed by atoms with Gasteiger partial charge < -0.3 is 5.73 Å². The molecule has 18 heavy (non-hydrogen) atoms. The van der Waals surface area contributed by atoms with Crippen molar-refractivity contribution >= 4 is 25.5 Å². The summed E-state index contributed by atoms with van der Waals surface area (Å²) in [6.45, 7) is 1.47. The molecule has 1 rings (SSSR count). The van der Waals surface area contributed by atoms with Crippen LogP contribution in [0.15, 0.2) is 28.0 Å². The number of sulfone groups is 1. The molecule has 0 atom stereocenters. The van der Waals surface area contributed by atoms with Crippen molar-refractivity contribution in [3.63, 3.8) is 0 Å². The van der Waals surface area contributed by atoms with Crippen LogP contribution in [0, 0.1) is 0 Å². The molecular weight excluding hydrogens is 276 g/mol. The van der Waals surface area contributed by atoms with E-state index < -0.39 is 19.9 Å². The molecule has 8 heteroatoms. The monoisotopic (exact) mass is 292 g/mol. The highest BCUT2D eigenvalue weighted by Gasteiger charge is 2.25. The second kappa shape index (κ2) is 4.87. The maximum atomic E-state index is 12.0. The summed E-state index contributed by atoms with van der Waals surface area (Å²) in [6.07, 6.45) is 0. The Morgan fingerprint density at radius 3 is 2.06 bits per heavy atom. The summed E-state index contributed by atoms with van der Waals surface area (Å²) in [5, 5.41) is 0. The van der Waals surface area contributed by atoms with Crippen LogP contribution in [0.3, 0.4) is 0 Å². The molecule has 6 nitrogen and oxygen atoms in total. The number of para-hydroxylation sites is 1. The average Bonchev–Trinajstić information content (AvgIpc) is 2.28. The van der Waals surface area contributed by atoms with Gasteiger partial charge in [-0.3, -0.25) is 0 Å². The Bertz CT molecular complexity index is 648. The van der Waals surface area contributed by atoms with Gasteiger partial charge in [0.2, 0.25) is 10.0 Å². The van der Waals surface area contributed by atoms with Crippen molar-refractivity contribution in [2.75, 3.05) is 25.6 Å². The minimum Gasteiger partial charge on any atom is -0.397 e. The zero-order valence-electron chi connectivity index (χ0n) is 10.4. The van der Waals surface area contributed by atoms with E-state index in [0.29, 0.717) is 0 Å². The van der Waals surface area contributed by atoms with Crippen LogP contribution < -0.4 is 5.73 Å². The first-order valence-corrected chi connectivity index (χ1v) is 8.27. The van der Waals surface area contributed by atoms with Crippen LogP contribution in [0.4, 0.5) is 5.69 Å². The number of hydrogen-bond donors (Lipinski definition) is 1.